The van der Waals surface area contributed by atoms with E-state index in [2.05, 4.69) is 0 Å². The van der Waals surface area contributed by atoms with Crippen molar-refractivity contribution in [3.63, 3.8) is 0 Å². The summed E-state index contributed by atoms with van der Waals surface area (Å²) in [6, 6.07) is 4.07. The summed E-state index contributed by atoms with van der Waals surface area (Å²) in [7, 11) is 0. The number of aryl methyl sites for hydroxylation is 1. The number of imide groups is 1. The van der Waals surface area contributed by atoms with E-state index in [-0.39, 0.29) is 5.56 Å². The highest BCUT2D eigenvalue weighted by Gasteiger charge is 2.10. The summed E-state index contributed by atoms with van der Waals surface area (Å²) in [4.78, 5) is 21.8. The summed E-state index contributed by atoms with van der Waals surface area (Å²) in [6.07, 6.45) is 0. The van der Waals surface area contributed by atoms with Crippen molar-refractivity contribution >= 4 is 17.6 Å². The van der Waals surface area contributed by atoms with Gasteiger partial charge < -0.3 is 11.5 Å². The van der Waals surface area contributed by atoms with Gasteiger partial charge in [0, 0.05) is 5.69 Å². The van der Waals surface area contributed by atoms with Gasteiger partial charge in [-0.1, -0.05) is 11.6 Å². The molecule has 14 heavy (non-hydrogen) atoms. The Morgan fingerprint density at radius 3 is 2.57 bits per heavy atom. The van der Waals surface area contributed by atoms with E-state index in [1.165, 1.54) is 0 Å². The molecule has 5 nitrogen and oxygen atoms in total. The number of benzene rings is 1. The zero-order valence-electron chi connectivity index (χ0n) is 7.70. The van der Waals surface area contributed by atoms with Gasteiger partial charge in [-0.2, -0.15) is 0 Å². The number of primary amides is 1. The molecule has 0 spiro atoms. The van der Waals surface area contributed by atoms with Crippen molar-refractivity contribution in [1.82, 2.24) is 5.32 Å². The van der Waals surface area contributed by atoms with Crippen molar-refractivity contribution in [2.45, 2.75) is 6.92 Å². The van der Waals surface area contributed by atoms with Crippen LogP contribution in [-0.2, 0) is 0 Å². The number of anilines is 1. The van der Waals surface area contributed by atoms with Gasteiger partial charge >= 0.3 is 6.03 Å². The largest absolute Gasteiger partial charge is 0.398 e. The Hall–Kier alpha value is -2.04. The second-order valence-corrected chi connectivity index (χ2v) is 2.91. The minimum absolute atomic E-state index is 0.254. The van der Waals surface area contributed by atoms with Crippen molar-refractivity contribution in [1.29, 1.82) is 0 Å². The summed E-state index contributed by atoms with van der Waals surface area (Å²) in [6.45, 7) is 1.82. The zero-order chi connectivity index (χ0) is 10.7. The van der Waals surface area contributed by atoms with Crippen LogP contribution < -0.4 is 16.8 Å². The summed E-state index contributed by atoms with van der Waals surface area (Å²) >= 11 is 0. The molecule has 0 saturated heterocycles. The van der Waals surface area contributed by atoms with Crippen LogP contribution in [0.5, 0.6) is 0 Å². The number of hydrogen-bond acceptors (Lipinski definition) is 3. The first-order valence-corrected chi connectivity index (χ1v) is 3.97. The fraction of sp³-hybridized carbons (Fsp3) is 0.111. The molecule has 0 heterocycles. The van der Waals surface area contributed by atoms with Crippen molar-refractivity contribution in [3.8, 4) is 0 Å². The van der Waals surface area contributed by atoms with Crippen LogP contribution in [0.25, 0.3) is 0 Å². The van der Waals surface area contributed by atoms with E-state index in [9.17, 15) is 9.59 Å². The van der Waals surface area contributed by atoms with Gasteiger partial charge in [0.2, 0.25) is 0 Å². The van der Waals surface area contributed by atoms with Crippen molar-refractivity contribution < 1.29 is 9.59 Å². The monoisotopic (exact) mass is 193 g/mol. The van der Waals surface area contributed by atoms with Crippen LogP contribution in [0, 0.1) is 6.92 Å². The maximum Gasteiger partial charge on any atom is 0.319 e. The Morgan fingerprint density at radius 2 is 2.00 bits per heavy atom. The van der Waals surface area contributed by atoms with E-state index in [0.29, 0.717) is 5.69 Å². The number of nitrogens with two attached hydrogens (primary N) is 2. The number of rotatable bonds is 1. The summed E-state index contributed by atoms with van der Waals surface area (Å²) in [5, 5.41) is 1.95. The smallest absolute Gasteiger partial charge is 0.319 e. The molecule has 1 aromatic carbocycles. The Morgan fingerprint density at radius 1 is 1.36 bits per heavy atom. The molecule has 0 radical (unpaired) electrons. The fourth-order valence-corrected chi connectivity index (χ4v) is 1.05. The van der Waals surface area contributed by atoms with Crippen molar-refractivity contribution in [3.05, 3.63) is 29.3 Å². The molecule has 1 rings (SSSR count). The van der Waals surface area contributed by atoms with Gasteiger partial charge in [-0.3, -0.25) is 10.1 Å². The van der Waals surface area contributed by atoms with Crippen LogP contribution in [0.2, 0.25) is 0 Å². The molecular formula is C9H11N3O2. The third-order valence-electron chi connectivity index (χ3n) is 1.69. The third kappa shape index (κ3) is 2.22. The van der Waals surface area contributed by atoms with E-state index < -0.39 is 11.9 Å². The normalized spacial score (nSPS) is 9.50. The fourth-order valence-electron chi connectivity index (χ4n) is 1.05. The lowest BCUT2D eigenvalue weighted by molar-refractivity contribution is 0.0967. The Kier molecular flexibility index (Phi) is 2.71. The third-order valence-corrected chi connectivity index (χ3v) is 1.69. The lowest BCUT2D eigenvalue weighted by atomic mass is 10.1. The number of nitrogens with one attached hydrogen (secondary N) is 1. The minimum Gasteiger partial charge on any atom is -0.398 e. The van der Waals surface area contributed by atoms with Gasteiger partial charge in [0.05, 0.1) is 5.56 Å². The van der Waals surface area contributed by atoms with Crippen LogP contribution >= 0.6 is 0 Å². The van der Waals surface area contributed by atoms with E-state index in [4.69, 9.17) is 11.5 Å². The van der Waals surface area contributed by atoms with Crippen LogP contribution in [-0.4, -0.2) is 11.9 Å². The summed E-state index contributed by atoms with van der Waals surface area (Å²) in [5.74, 6) is -0.585. The van der Waals surface area contributed by atoms with E-state index in [0.717, 1.165) is 5.56 Å². The number of hydrogen-bond donors (Lipinski definition) is 3. The lowest BCUT2D eigenvalue weighted by Crippen LogP contribution is -2.35. The molecule has 5 heteroatoms. The number of urea groups is 1. The first-order chi connectivity index (χ1) is 6.50. The second-order valence-electron chi connectivity index (χ2n) is 2.91. The van der Waals surface area contributed by atoms with Gasteiger partial charge in [0.15, 0.2) is 0 Å². The van der Waals surface area contributed by atoms with Crippen LogP contribution in [0.3, 0.4) is 0 Å². The Balaban J connectivity index is 3.00. The van der Waals surface area contributed by atoms with Crippen molar-refractivity contribution in [2.75, 3.05) is 5.73 Å². The quantitative estimate of drug-likeness (QED) is 0.562. The molecule has 3 amide bonds. The molecule has 1 aromatic rings. The standard InChI is InChI=1S/C9H11N3O2/c1-5-2-3-7(10)6(4-5)8(13)12-9(11)14/h2-4H,10H2,1H3,(H3,11,12,13,14). The molecule has 0 fully saturated rings. The maximum atomic E-state index is 11.3. The number of amides is 3. The molecule has 0 atom stereocenters. The van der Waals surface area contributed by atoms with Gasteiger partial charge in [-0.25, -0.2) is 4.79 Å². The van der Waals surface area contributed by atoms with E-state index in [1.54, 1.807) is 18.2 Å². The molecule has 74 valence electrons. The van der Waals surface area contributed by atoms with Crippen LogP contribution in [0.15, 0.2) is 18.2 Å². The first kappa shape index (κ1) is 10.0. The van der Waals surface area contributed by atoms with Gasteiger partial charge in [0.1, 0.15) is 0 Å². The maximum absolute atomic E-state index is 11.3. The molecule has 0 aliphatic heterocycles. The number of carbonyl (C=O) groups is 2. The highest BCUT2D eigenvalue weighted by molar-refractivity contribution is 6.06. The molecule has 0 unspecified atom stereocenters. The molecule has 0 saturated carbocycles. The molecular weight excluding hydrogens is 182 g/mol. The number of nitrogen functional groups attached to an aromatic ring is 1. The SMILES string of the molecule is Cc1ccc(N)c(C(=O)NC(N)=O)c1. The van der Waals surface area contributed by atoms with Gasteiger partial charge in [0.25, 0.3) is 5.91 Å². The Labute approximate surface area is 81.1 Å². The van der Waals surface area contributed by atoms with Crippen LogP contribution in [0.1, 0.15) is 15.9 Å². The lowest BCUT2D eigenvalue weighted by Gasteiger charge is -2.05. The first-order valence-electron chi connectivity index (χ1n) is 3.97. The predicted octanol–water partition coefficient (Wildman–Crippen LogP) is 0.386. The molecule has 0 aromatic heterocycles. The highest BCUT2D eigenvalue weighted by Crippen LogP contribution is 2.13. The van der Waals surface area contributed by atoms with Gasteiger partial charge in [-0.15, -0.1) is 0 Å². The highest BCUT2D eigenvalue weighted by atomic mass is 16.2. The van der Waals surface area contributed by atoms with Gasteiger partial charge in [-0.05, 0) is 19.1 Å². The van der Waals surface area contributed by atoms with E-state index in [1.807, 2.05) is 12.2 Å². The van der Waals surface area contributed by atoms with Crippen LogP contribution in [0.4, 0.5) is 10.5 Å². The molecule has 0 aliphatic rings. The average Bonchev–Trinajstić information content (AvgIpc) is 2.08. The summed E-state index contributed by atoms with van der Waals surface area (Å²) < 4.78 is 0. The second kappa shape index (κ2) is 3.78. The molecule has 0 bridgehead atoms. The topological polar surface area (TPSA) is 98.2 Å². The number of carbonyl (C=O) groups excluding carboxylic acids is 2. The zero-order valence-corrected chi connectivity index (χ0v) is 7.70. The summed E-state index contributed by atoms with van der Waals surface area (Å²) in [5.41, 5.74) is 11.8. The van der Waals surface area contributed by atoms with Crippen molar-refractivity contribution in [2.24, 2.45) is 5.73 Å². The minimum atomic E-state index is -0.893. The predicted molar refractivity (Wildman–Crippen MR) is 52.6 cm³/mol. The average molecular weight is 193 g/mol. The Bertz CT molecular complexity index is 388. The molecule has 5 N–H and O–H groups in total. The molecule has 0 aliphatic carbocycles. The van der Waals surface area contributed by atoms with E-state index >= 15 is 0 Å².